The van der Waals surface area contributed by atoms with Crippen LogP contribution < -0.4 is 10.6 Å². The number of benzene rings is 1. The van der Waals surface area contributed by atoms with Crippen LogP contribution >= 0.6 is 27.5 Å². The van der Waals surface area contributed by atoms with Crippen LogP contribution in [0.1, 0.15) is 15.9 Å². The lowest BCUT2D eigenvalue weighted by Gasteiger charge is -2.09. The first kappa shape index (κ1) is 14.8. The molecule has 1 aromatic carbocycles. The van der Waals surface area contributed by atoms with Crippen molar-refractivity contribution in [3.63, 3.8) is 0 Å². The molecule has 1 amide bonds. The first-order chi connectivity index (χ1) is 9.51. The van der Waals surface area contributed by atoms with Gasteiger partial charge in [0.2, 0.25) is 0 Å². The predicted molar refractivity (Wildman–Crippen MR) is 85.6 cm³/mol. The summed E-state index contributed by atoms with van der Waals surface area (Å²) in [6.07, 6.45) is 1.45. The minimum Gasteiger partial charge on any atom is -0.373 e. The number of hydrogen-bond donors (Lipinski definition) is 2. The zero-order valence-electron chi connectivity index (χ0n) is 11.0. The second-order valence-corrected chi connectivity index (χ2v) is 5.48. The van der Waals surface area contributed by atoms with E-state index in [1.807, 2.05) is 25.1 Å². The predicted octanol–water partition coefficient (Wildman–Crippen LogP) is 4.10. The molecule has 0 bridgehead atoms. The van der Waals surface area contributed by atoms with Crippen molar-refractivity contribution in [3.8, 4) is 0 Å². The van der Waals surface area contributed by atoms with Crippen LogP contribution in [0.2, 0.25) is 5.02 Å². The van der Waals surface area contributed by atoms with E-state index >= 15 is 0 Å². The number of carbonyl (C=O) groups is 1. The topological polar surface area (TPSA) is 54.0 Å². The van der Waals surface area contributed by atoms with Gasteiger partial charge in [0.05, 0.1) is 10.6 Å². The lowest BCUT2D eigenvalue weighted by Crippen LogP contribution is -2.13. The molecule has 20 heavy (non-hydrogen) atoms. The minimum atomic E-state index is -0.273. The standard InChI is InChI=1S/C14H13BrClN3O/c1-8-3-4-9(5-11(8)15)19-14(20)10-6-13(17-2)18-7-12(10)16/h3-7H,1-2H3,(H,17,18)(H,19,20). The van der Waals surface area contributed by atoms with Crippen molar-refractivity contribution in [1.82, 2.24) is 4.98 Å². The summed E-state index contributed by atoms with van der Waals surface area (Å²) < 4.78 is 0.937. The number of pyridine rings is 1. The van der Waals surface area contributed by atoms with Crippen LogP contribution in [0.5, 0.6) is 0 Å². The Bertz CT molecular complexity index is 661. The van der Waals surface area contributed by atoms with Gasteiger partial charge in [0.1, 0.15) is 5.82 Å². The van der Waals surface area contributed by atoms with Gasteiger partial charge in [-0.25, -0.2) is 4.98 Å². The summed E-state index contributed by atoms with van der Waals surface area (Å²) >= 11 is 9.44. The van der Waals surface area contributed by atoms with Gasteiger partial charge in [-0.1, -0.05) is 33.6 Å². The van der Waals surface area contributed by atoms with Gasteiger partial charge in [-0.05, 0) is 30.7 Å². The summed E-state index contributed by atoms with van der Waals surface area (Å²) in [6, 6.07) is 7.22. The molecule has 1 heterocycles. The van der Waals surface area contributed by atoms with E-state index in [9.17, 15) is 4.79 Å². The number of nitrogens with one attached hydrogen (secondary N) is 2. The van der Waals surface area contributed by atoms with Crippen LogP contribution in [0, 0.1) is 6.92 Å². The van der Waals surface area contributed by atoms with Crippen LogP contribution in [0.25, 0.3) is 0 Å². The number of aryl methyl sites for hydroxylation is 1. The first-order valence-corrected chi connectivity index (χ1v) is 7.09. The van der Waals surface area contributed by atoms with Crippen LogP contribution in [0.15, 0.2) is 34.9 Å². The van der Waals surface area contributed by atoms with Gasteiger partial charge in [-0.3, -0.25) is 4.79 Å². The van der Waals surface area contributed by atoms with Crippen molar-refractivity contribution in [3.05, 3.63) is 51.1 Å². The maximum Gasteiger partial charge on any atom is 0.257 e. The molecular formula is C14H13BrClN3O. The number of hydrogen-bond acceptors (Lipinski definition) is 3. The third-order valence-electron chi connectivity index (χ3n) is 2.79. The van der Waals surface area contributed by atoms with Crippen molar-refractivity contribution in [2.45, 2.75) is 6.92 Å². The van der Waals surface area contributed by atoms with Crippen molar-refractivity contribution in [2.24, 2.45) is 0 Å². The Labute approximate surface area is 130 Å². The summed E-state index contributed by atoms with van der Waals surface area (Å²) in [7, 11) is 1.73. The molecule has 104 valence electrons. The summed E-state index contributed by atoms with van der Waals surface area (Å²) in [5, 5.41) is 5.99. The first-order valence-electron chi connectivity index (χ1n) is 5.92. The zero-order valence-corrected chi connectivity index (χ0v) is 13.3. The number of carbonyl (C=O) groups excluding carboxylic acids is 1. The third-order valence-corrected chi connectivity index (χ3v) is 3.94. The van der Waals surface area contributed by atoms with Crippen LogP contribution in [0.4, 0.5) is 11.5 Å². The molecule has 0 unspecified atom stereocenters. The highest BCUT2D eigenvalue weighted by Crippen LogP contribution is 2.23. The Morgan fingerprint density at radius 1 is 1.35 bits per heavy atom. The summed E-state index contributed by atoms with van der Waals surface area (Å²) in [5.74, 6) is 0.314. The van der Waals surface area contributed by atoms with E-state index in [4.69, 9.17) is 11.6 Å². The number of aromatic nitrogens is 1. The van der Waals surface area contributed by atoms with E-state index in [0.717, 1.165) is 10.0 Å². The summed E-state index contributed by atoms with van der Waals surface area (Å²) in [6.45, 7) is 1.98. The summed E-state index contributed by atoms with van der Waals surface area (Å²) in [4.78, 5) is 16.3. The molecule has 0 fully saturated rings. The third kappa shape index (κ3) is 3.29. The van der Waals surface area contributed by atoms with Gasteiger partial charge in [-0.15, -0.1) is 0 Å². The lowest BCUT2D eigenvalue weighted by molar-refractivity contribution is 0.102. The normalized spacial score (nSPS) is 10.2. The fourth-order valence-electron chi connectivity index (χ4n) is 1.62. The van der Waals surface area contributed by atoms with Crippen molar-refractivity contribution in [1.29, 1.82) is 0 Å². The second-order valence-electron chi connectivity index (χ2n) is 4.22. The van der Waals surface area contributed by atoms with Gasteiger partial charge < -0.3 is 10.6 Å². The monoisotopic (exact) mass is 353 g/mol. The molecule has 0 aliphatic heterocycles. The van der Waals surface area contributed by atoms with Crippen molar-refractivity contribution >= 4 is 44.9 Å². The minimum absolute atomic E-state index is 0.273. The van der Waals surface area contributed by atoms with E-state index in [1.54, 1.807) is 13.1 Å². The van der Waals surface area contributed by atoms with E-state index in [2.05, 4.69) is 31.5 Å². The van der Waals surface area contributed by atoms with E-state index in [-0.39, 0.29) is 5.91 Å². The molecule has 0 aliphatic rings. The van der Waals surface area contributed by atoms with E-state index in [1.165, 1.54) is 6.20 Å². The highest BCUT2D eigenvalue weighted by atomic mass is 79.9. The Morgan fingerprint density at radius 2 is 2.10 bits per heavy atom. The molecule has 0 aliphatic carbocycles. The SMILES string of the molecule is CNc1cc(C(=O)Nc2ccc(C)c(Br)c2)c(Cl)cn1. The van der Waals surface area contributed by atoms with Gasteiger partial charge in [-0.2, -0.15) is 0 Å². The molecule has 0 radical (unpaired) electrons. The quantitative estimate of drug-likeness (QED) is 0.872. The van der Waals surface area contributed by atoms with Crippen molar-refractivity contribution < 1.29 is 4.79 Å². The molecule has 2 N–H and O–H groups in total. The number of anilines is 2. The smallest absolute Gasteiger partial charge is 0.257 e. The average molecular weight is 355 g/mol. The Balaban J connectivity index is 2.25. The second kappa shape index (κ2) is 6.24. The molecule has 4 nitrogen and oxygen atoms in total. The van der Waals surface area contributed by atoms with E-state index < -0.39 is 0 Å². The Hall–Kier alpha value is -1.59. The number of amides is 1. The molecule has 0 atom stereocenters. The fourth-order valence-corrected chi connectivity index (χ4v) is 2.19. The maximum atomic E-state index is 12.2. The molecule has 1 aromatic heterocycles. The molecule has 0 saturated heterocycles. The zero-order chi connectivity index (χ0) is 14.7. The number of nitrogens with zero attached hydrogens (tertiary/aromatic N) is 1. The van der Waals surface area contributed by atoms with Gasteiger partial charge in [0, 0.05) is 23.4 Å². The lowest BCUT2D eigenvalue weighted by atomic mass is 10.2. The van der Waals surface area contributed by atoms with Crippen LogP contribution in [0.3, 0.4) is 0 Å². The van der Waals surface area contributed by atoms with E-state index in [0.29, 0.717) is 22.1 Å². The Morgan fingerprint density at radius 3 is 2.75 bits per heavy atom. The number of rotatable bonds is 3. The van der Waals surface area contributed by atoms with Crippen LogP contribution in [-0.2, 0) is 0 Å². The molecule has 0 saturated carbocycles. The largest absolute Gasteiger partial charge is 0.373 e. The molecule has 6 heteroatoms. The molecular weight excluding hydrogens is 342 g/mol. The molecule has 2 aromatic rings. The highest BCUT2D eigenvalue weighted by Gasteiger charge is 2.12. The van der Waals surface area contributed by atoms with Crippen LogP contribution in [-0.4, -0.2) is 17.9 Å². The molecule has 2 rings (SSSR count). The van der Waals surface area contributed by atoms with Gasteiger partial charge in [0.25, 0.3) is 5.91 Å². The maximum absolute atomic E-state index is 12.2. The summed E-state index contributed by atoms with van der Waals surface area (Å²) in [5.41, 5.74) is 2.18. The van der Waals surface area contributed by atoms with Gasteiger partial charge in [0.15, 0.2) is 0 Å². The van der Waals surface area contributed by atoms with Gasteiger partial charge >= 0.3 is 0 Å². The van der Waals surface area contributed by atoms with Crippen molar-refractivity contribution in [2.75, 3.05) is 17.7 Å². The fraction of sp³-hybridized carbons (Fsp3) is 0.143. The Kier molecular flexibility index (Phi) is 4.62. The molecule has 0 spiro atoms. The highest BCUT2D eigenvalue weighted by molar-refractivity contribution is 9.10. The number of halogens is 2. The average Bonchev–Trinajstić information content (AvgIpc) is 2.43.